The van der Waals surface area contributed by atoms with Crippen molar-refractivity contribution in [2.45, 2.75) is 19.4 Å². The van der Waals surface area contributed by atoms with E-state index in [9.17, 15) is 0 Å². The summed E-state index contributed by atoms with van der Waals surface area (Å²) in [6.07, 6.45) is 3.33. The first-order valence-corrected chi connectivity index (χ1v) is 11.2. The molecule has 0 atom stereocenters. The van der Waals surface area contributed by atoms with Crippen LogP contribution in [-0.4, -0.2) is 38.0 Å². The van der Waals surface area contributed by atoms with Crippen LogP contribution in [0.3, 0.4) is 0 Å². The molecule has 0 spiro atoms. The van der Waals surface area contributed by atoms with E-state index in [-0.39, 0.29) is 0 Å². The molecular formula is C23H23N7S. The van der Waals surface area contributed by atoms with Crippen molar-refractivity contribution in [2.75, 3.05) is 18.4 Å². The number of benzene rings is 2. The summed E-state index contributed by atoms with van der Waals surface area (Å²) >= 11 is 1.63. The van der Waals surface area contributed by atoms with Gasteiger partial charge < -0.3 is 15.6 Å². The van der Waals surface area contributed by atoms with E-state index in [1.54, 1.807) is 17.7 Å². The van der Waals surface area contributed by atoms with Gasteiger partial charge in [-0.15, -0.1) is 0 Å². The molecule has 8 heteroatoms. The molecule has 5 rings (SSSR count). The number of thiazole rings is 1. The molecule has 0 radical (unpaired) electrons. The number of hydrogen-bond donors (Lipinski definition) is 3. The van der Waals surface area contributed by atoms with Gasteiger partial charge in [0.05, 0.1) is 16.0 Å². The largest absolute Gasteiger partial charge is 0.364 e. The van der Waals surface area contributed by atoms with E-state index in [0.29, 0.717) is 6.54 Å². The molecule has 0 aliphatic carbocycles. The number of aromatic nitrogens is 5. The van der Waals surface area contributed by atoms with Crippen molar-refractivity contribution in [1.29, 1.82) is 0 Å². The number of hydrogen-bond acceptors (Lipinski definition) is 7. The Morgan fingerprint density at radius 2 is 1.71 bits per heavy atom. The Labute approximate surface area is 184 Å². The van der Waals surface area contributed by atoms with Crippen LogP contribution < -0.4 is 10.6 Å². The van der Waals surface area contributed by atoms with Gasteiger partial charge in [0.1, 0.15) is 22.5 Å². The first-order chi connectivity index (χ1) is 15.3. The van der Waals surface area contributed by atoms with Crippen LogP contribution in [0.2, 0.25) is 0 Å². The predicted molar refractivity (Wildman–Crippen MR) is 125 cm³/mol. The van der Waals surface area contributed by atoms with Crippen molar-refractivity contribution in [3.05, 3.63) is 77.3 Å². The SMILES string of the molecule is c1ccc(CNc2ncnc3sc(CCNCCc4nc5ccccc5[nH]4)nc23)cc1. The quantitative estimate of drug-likeness (QED) is 0.307. The minimum atomic E-state index is 0.711. The van der Waals surface area contributed by atoms with Gasteiger partial charge in [-0.1, -0.05) is 53.8 Å². The second-order valence-electron chi connectivity index (χ2n) is 7.27. The Morgan fingerprint density at radius 3 is 2.61 bits per heavy atom. The average Bonchev–Trinajstić information content (AvgIpc) is 3.41. The zero-order chi connectivity index (χ0) is 20.9. The third-order valence-electron chi connectivity index (χ3n) is 5.04. The second kappa shape index (κ2) is 9.20. The predicted octanol–water partition coefficient (Wildman–Crippen LogP) is 3.95. The van der Waals surface area contributed by atoms with Crippen molar-refractivity contribution in [2.24, 2.45) is 0 Å². The van der Waals surface area contributed by atoms with Crippen LogP contribution in [0, 0.1) is 0 Å². The smallest absolute Gasteiger partial charge is 0.157 e. The highest BCUT2D eigenvalue weighted by Crippen LogP contribution is 2.25. The maximum absolute atomic E-state index is 4.78. The molecule has 3 N–H and O–H groups in total. The van der Waals surface area contributed by atoms with Gasteiger partial charge in [0.15, 0.2) is 5.82 Å². The van der Waals surface area contributed by atoms with Gasteiger partial charge in [-0.2, -0.15) is 0 Å². The number of fused-ring (bicyclic) bond motifs is 2. The standard InChI is InChI=1S/C23H23N7S/c1-2-6-16(7-3-1)14-25-22-21-23(27-15-26-22)31-20(30-21)11-13-24-12-10-19-28-17-8-4-5-9-18(17)29-19/h1-9,15,24H,10-14H2,(H,28,29)(H,25,26,27). The summed E-state index contributed by atoms with van der Waals surface area (Å²) in [6, 6.07) is 18.4. The van der Waals surface area contributed by atoms with Crippen molar-refractivity contribution in [3.8, 4) is 0 Å². The van der Waals surface area contributed by atoms with Crippen LogP contribution >= 0.6 is 11.3 Å². The molecule has 0 saturated carbocycles. The van der Waals surface area contributed by atoms with Crippen LogP contribution in [0.4, 0.5) is 5.82 Å². The topological polar surface area (TPSA) is 91.4 Å². The summed E-state index contributed by atoms with van der Waals surface area (Å²) in [4.78, 5) is 22.5. The van der Waals surface area contributed by atoms with E-state index < -0.39 is 0 Å². The molecule has 0 fully saturated rings. The van der Waals surface area contributed by atoms with Gasteiger partial charge in [-0.05, 0) is 17.7 Å². The molecule has 0 unspecified atom stereocenters. The van der Waals surface area contributed by atoms with Gasteiger partial charge >= 0.3 is 0 Å². The Balaban J connectivity index is 1.14. The van der Waals surface area contributed by atoms with Gasteiger partial charge in [0.25, 0.3) is 0 Å². The van der Waals surface area contributed by atoms with Gasteiger partial charge in [-0.25, -0.2) is 19.9 Å². The molecule has 31 heavy (non-hydrogen) atoms. The number of rotatable bonds is 9. The van der Waals surface area contributed by atoms with Crippen LogP contribution in [0.5, 0.6) is 0 Å². The lowest BCUT2D eigenvalue weighted by Gasteiger charge is -2.05. The maximum Gasteiger partial charge on any atom is 0.157 e. The van der Waals surface area contributed by atoms with Gasteiger partial charge in [-0.3, -0.25) is 0 Å². The van der Waals surface area contributed by atoms with Crippen molar-refractivity contribution in [1.82, 2.24) is 30.2 Å². The van der Waals surface area contributed by atoms with E-state index in [1.165, 1.54) is 5.56 Å². The third kappa shape index (κ3) is 4.70. The number of nitrogens with one attached hydrogen (secondary N) is 3. The summed E-state index contributed by atoms with van der Waals surface area (Å²) in [5.74, 6) is 1.80. The van der Waals surface area contributed by atoms with Crippen molar-refractivity contribution < 1.29 is 0 Å². The maximum atomic E-state index is 4.78. The fourth-order valence-corrected chi connectivity index (χ4v) is 4.37. The Morgan fingerprint density at radius 1 is 0.871 bits per heavy atom. The molecule has 156 valence electrons. The number of para-hydroxylation sites is 2. The molecule has 0 saturated heterocycles. The van der Waals surface area contributed by atoms with Gasteiger partial charge in [0, 0.05) is 32.5 Å². The van der Waals surface area contributed by atoms with E-state index >= 15 is 0 Å². The Kier molecular flexibility index (Phi) is 5.81. The number of anilines is 1. The Hall–Kier alpha value is -3.36. The number of nitrogens with zero attached hydrogens (tertiary/aromatic N) is 4. The fraction of sp³-hybridized carbons (Fsp3) is 0.217. The Bertz CT molecular complexity index is 1250. The van der Waals surface area contributed by atoms with Crippen LogP contribution in [0.1, 0.15) is 16.4 Å². The zero-order valence-corrected chi connectivity index (χ0v) is 17.8. The molecule has 0 aliphatic rings. The molecule has 5 aromatic rings. The molecular weight excluding hydrogens is 406 g/mol. The molecule has 2 aromatic carbocycles. The number of aromatic amines is 1. The summed E-state index contributed by atoms with van der Waals surface area (Å²) in [7, 11) is 0. The van der Waals surface area contributed by atoms with Crippen LogP contribution in [0.15, 0.2) is 60.9 Å². The van der Waals surface area contributed by atoms with Crippen molar-refractivity contribution in [3.63, 3.8) is 0 Å². The molecule has 0 amide bonds. The highest BCUT2D eigenvalue weighted by Gasteiger charge is 2.10. The molecule has 3 heterocycles. The first-order valence-electron chi connectivity index (χ1n) is 10.4. The fourth-order valence-electron chi connectivity index (χ4n) is 3.47. The summed E-state index contributed by atoms with van der Waals surface area (Å²) in [6.45, 7) is 2.44. The minimum Gasteiger partial charge on any atom is -0.364 e. The lowest BCUT2D eigenvalue weighted by molar-refractivity contribution is 0.670. The van der Waals surface area contributed by atoms with E-state index in [4.69, 9.17) is 4.98 Å². The monoisotopic (exact) mass is 429 g/mol. The molecule has 3 aromatic heterocycles. The number of imidazole rings is 1. The summed E-state index contributed by atoms with van der Waals surface area (Å²) in [5, 5.41) is 7.94. The highest BCUT2D eigenvalue weighted by atomic mass is 32.1. The minimum absolute atomic E-state index is 0.711. The lowest BCUT2D eigenvalue weighted by atomic mass is 10.2. The van der Waals surface area contributed by atoms with Crippen LogP contribution in [-0.2, 0) is 19.4 Å². The molecule has 0 aliphatic heterocycles. The molecule has 0 bridgehead atoms. The summed E-state index contributed by atoms with van der Waals surface area (Å²) < 4.78 is 0. The first kappa shape index (κ1) is 19.6. The second-order valence-corrected chi connectivity index (χ2v) is 8.34. The lowest BCUT2D eigenvalue weighted by Crippen LogP contribution is -2.20. The third-order valence-corrected chi connectivity index (χ3v) is 6.06. The van der Waals surface area contributed by atoms with Gasteiger partial charge in [0.2, 0.25) is 0 Å². The van der Waals surface area contributed by atoms with Crippen LogP contribution in [0.25, 0.3) is 21.4 Å². The van der Waals surface area contributed by atoms with E-state index in [1.807, 2.05) is 36.4 Å². The van der Waals surface area contributed by atoms with E-state index in [2.05, 4.69) is 48.8 Å². The van der Waals surface area contributed by atoms with E-state index in [0.717, 1.165) is 64.0 Å². The molecule has 7 nitrogen and oxygen atoms in total. The zero-order valence-electron chi connectivity index (χ0n) is 17.0. The summed E-state index contributed by atoms with van der Waals surface area (Å²) in [5.41, 5.74) is 4.16. The highest BCUT2D eigenvalue weighted by molar-refractivity contribution is 7.18. The van der Waals surface area contributed by atoms with Crippen molar-refractivity contribution >= 4 is 38.5 Å². The normalized spacial score (nSPS) is 11.4. The average molecular weight is 430 g/mol. The number of H-pyrrole nitrogens is 1.